The molecule has 6 heteroatoms. The van der Waals surface area contributed by atoms with Gasteiger partial charge in [-0.1, -0.05) is 12.1 Å². The van der Waals surface area contributed by atoms with Crippen LogP contribution in [-0.2, 0) is 6.54 Å². The number of rotatable bonds is 3. The van der Waals surface area contributed by atoms with Crippen LogP contribution >= 0.6 is 11.3 Å². The highest BCUT2D eigenvalue weighted by molar-refractivity contribution is 7.21. The van der Waals surface area contributed by atoms with Crippen LogP contribution in [0.15, 0.2) is 51.7 Å². The van der Waals surface area contributed by atoms with Crippen LogP contribution in [0.5, 0.6) is 5.75 Å². The van der Waals surface area contributed by atoms with E-state index in [1.165, 1.54) is 11.3 Å². The lowest BCUT2D eigenvalue weighted by atomic mass is 10.1. The van der Waals surface area contributed by atoms with Crippen molar-refractivity contribution in [2.24, 2.45) is 0 Å². The molecule has 5 nitrogen and oxygen atoms in total. The summed E-state index contributed by atoms with van der Waals surface area (Å²) < 4.78 is 6.72. The van der Waals surface area contributed by atoms with Gasteiger partial charge in [-0.05, 0) is 56.3 Å². The minimum atomic E-state index is -0.421. The van der Waals surface area contributed by atoms with Crippen LogP contribution in [0.1, 0.15) is 18.4 Å². The van der Waals surface area contributed by atoms with Crippen molar-refractivity contribution in [1.29, 1.82) is 0 Å². The van der Waals surface area contributed by atoms with E-state index >= 15 is 0 Å². The molecular weight excluding hydrogens is 360 g/mol. The van der Waals surface area contributed by atoms with Gasteiger partial charge in [-0.2, -0.15) is 0 Å². The first kappa shape index (κ1) is 16.5. The molecule has 0 radical (unpaired) electrons. The number of para-hydroxylation sites is 1. The Bertz CT molecular complexity index is 1170. The highest BCUT2D eigenvalue weighted by atomic mass is 32.1. The third kappa shape index (κ3) is 2.91. The summed E-state index contributed by atoms with van der Waals surface area (Å²) in [6.45, 7) is 2.60. The van der Waals surface area contributed by atoms with Gasteiger partial charge in [0.15, 0.2) is 0 Å². The maximum absolute atomic E-state index is 12.7. The smallest absolute Gasteiger partial charge is 0.346 e. The molecule has 2 aromatic carbocycles. The van der Waals surface area contributed by atoms with E-state index < -0.39 is 5.63 Å². The van der Waals surface area contributed by atoms with Crippen LogP contribution in [0.4, 0.5) is 0 Å². The Kier molecular flexibility index (Phi) is 3.95. The Morgan fingerprint density at radius 1 is 1.15 bits per heavy atom. The molecule has 1 N–H and O–H groups in total. The average molecular weight is 378 g/mol. The molecule has 3 heterocycles. The Morgan fingerprint density at radius 3 is 2.78 bits per heavy atom. The van der Waals surface area contributed by atoms with Gasteiger partial charge in [-0.3, -0.25) is 4.90 Å². The molecule has 27 heavy (non-hydrogen) atoms. The molecule has 5 rings (SSSR count). The molecule has 1 fully saturated rings. The van der Waals surface area contributed by atoms with E-state index in [1.807, 2.05) is 30.3 Å². The number of likely N-dealkylation sites (tertiary alicyclic amines) is 1. The van der Waals surface area contributed by atoms with Gasteiger partial charge < -0.3 is 9.52 Å². The number of nitrogens with zero attached hydrogens (tertiary/aromatic N) is 2. The number of thiazole rings is 1. The summed E-state index contributed by atoms with van der Waals surface area (Å²) >= 11 is 1.48. The van der Waals surface area contributed by atoms with Crippen LogP contribution in [0, 0.1) is 0 Å². The van der Waals surface area contributed by atoms with Gasteiger partial charge in [0.05, 0.1) is 21.3 Å². The Hall–Kier alpha value is -2.70. The minimum absolute atomic E-state index is 0.172. The maximum atomic E-state index is 12.7. The number of benzene rings is 2. The van der Waals surface area contributed by atoms with Crippen molar-refractivity contribution in [2.45, 2.75) is 19.4 Å². The third-order valence-electron chi connectivity index (χ3n) is 5.09. The van der Waals surface area contributed by atoms with Gasteiger partial charge in [-0.25, -0.2) is 9.78 Å². The Morgan fingerprint density at radius 2 is 1.96 bits per heavy atom. The second-order valence-electron chi connectivity index (χ2n) is 6.90. The predicted octanol–water partition coefficient (Wildman–Crippen LogP) is 4.37. The molecule has 0 amide bonds. The lowest BCUT2D eigenvalue weighted by Crippen LogP contribution is -2.19. The molecule has 2 aromatic heterocycles. The van der Waals surface area contributed by atoms with E-state index in [0.29, 0.717) is 28.3 Å². The van der Waals surface area contributed by atoms with E-state index in [2.05, 4.69) is 9.88 Å². The van der Waals surface area contributed by atoms with Gasteiger partial charge in [-0.15, -0.1) is 11.3 Å². The standard InChI is InChI=1S/C21H18N2O3S/c24-17-8-7-13-11-14(20-22-16-5-1-2-6-18(16)27-20)21(25)26-19(13)15(17)12-23-9-3-4-10-23/h1-2,5-8,11,24H,3-4,9-10,12H2. The third-order valence-corrected chi connectivity index (χ3v) is 6.16. The molecule has 136 valence electrons. The largest absolute Gasteiger partial charge is 0.507 e. The van der Waals surface area contributed by atoms with Gasteiger partial charge in [0, 0.05) is 11.9 Å². The van der Waals surface area contributed by atoms with Crippen LogP contribution in [0.2, 0.25) is 0 Å². The molecule has 1 aliphatic rings. The highest BCUT2D eigenvalue weighted by Crippen LogP contribution is 2.33. The van der Waals surface area contributed by atoms with Gasteiger partial charge in [0.25, 0.3) is 0 Å². The molecule has 0 atom stereocenters. The number of aromatic hydroxyl groups is 1. The molecule has 0 bridgehead atoms. The van der Waals surface area contributed by atoms with Crippen LogP contribution in [0.25, 0.3) is 31.8 Å². The number of fused-ring (bicyclic) bond motifs is 2. The van der Waals surface area contributed by atoms with E-state index in [9.17, 15) is 9.90 Å². The van der Waals surface area contributed by atoms with Crippen LogP contribution < -0.4 is 5.63 Å². The Labute approximate surface area is 159 Å². The summed E-state index contributed by atoms with van der Waals surface area (Å²) in [6.07, 6.45) is 2.33. The number of aromatic nitrogens is 1. The lowest BCUT2D eigenvalue weighted by Gasteiger charge is -2.16. The fourth-order valence-corrected chi connectivity index (χ4v) is 4.65. The molecule has 4 aromatic rings. The van der Waals surface area contributed by atoms with Crippen molar-refractivity contribution in [3.8, 4) is 16.3 Å². The van der Waals surface area contributed by atoms with Crippen LogP contribution in [0.3, 0.4) is 0 Å². The minimum Gasteiger partial charge on any atom is -0.507 e. The van der Waals surface area contributed by atoms with Crippen molar-refractivity contribution >= 4 is 32.5 Å². The number of phenolic OH excluding ortho intramolecular Hbond substituents is 1. The zero-order valence-corrected chi connectivity index (χ0v) is 15.5. The van der Waals surface area contributed by atoms with Crippen molar-refractivity contribution in [3.63, 3.8) is 0 Å². The monoisotopic (exact) mass is 378 g/mol. The first-order valence-corrected chi connectivity index (χ1v) is 9.88. The second kappa shape index (κ2) is 6.48. The fourth-order valence-electron chi connectivity index (χ4n) is 3.69. The first-order chi connectivity index (χ1) is 13.2. The molecule has 0 aliphatic carbocycles. The van der Waals surface area contributed by atoms with Gasteiger partial charge >= 0.3 is 5.63 Å². The maximum Gasteiger partial charge on any atom is 0.346 e. The summed E-state index contributed by atoms with van der Waals surface area (Å²) in [6, 6.07) is 13.1. The summed E-state index contributed by atoms with van der Waals surface area (Å²) in [7, 11) is 0. The number of hydrogen-bond donors (Lipinski definition) is 1. The molecule has 0 saturated carbocycles. The zero-order valence-electron chi connectivity index (χ0n) is 14.6. The number of hydrogen-bond acceptors (Lipinski definition) is 6. The summed E-state index contributed by atoms with van der Waals surface area (Å²) in [5.41, 5.74) is 2.06. The average Bonchev–Trinajstić information content (AvgIpc) is 3.33. The van der Waals surface area contributed by atoms with Crippen molar-refractivity contribution in [2.75, 3.05) is 13.1 Å². The van der Waals surface area contributed by atoms with E-state index in [0.717, 1.165) is 41.5 Å². The molecule has 1 aliphatic heterocycles. The summed E-state index contributed by atoms with van der Waals surface area (Å²) in [5.74, 6) is 0.172. The Balaban J connectivity index is 1.64. The quantitative estimate of drug-likeness (QED) is 0.536. The van der Waals surface area contributed by atoms with Crippen molar-refractivity contribution in [3.05, 3.63) is 58.4 Å². The van der Waals surface area contributed by atoms with Crippen molar-refractivity contribution in [1.82, 2.24) is 9.88 Å². The fraction of sp³-hybridized carbons (Fsp3) is 0.238. The predicted molar refractivity (Wildman–Crippen MR) is 107 cm³/mol. The second-order valence-corrected chi connectivity index (χ2v) is 7.93. The van der Waals surface area contributed by atoms with E-state index in [4.69, 9.17) is 4.42 Å². The molecule has 0 unspecified atom stereocenters. The highest BCUT2D eigenvalue weighted by Gasteiger charge is 2.19. The molecule has 0 spiro atoms. The van der Waals surface area contributed by atoms with Gasteiger partial charge in [0.1, 0.15) is 16.3 Å². The number of phenols is 1. The molecular formula is C21H18N2O3S. The summed E-state index contributed by atoms with van der Waals surface area (Å²) in [4.78, 5) is 19.6. The van der Waals surface area contributed by atoms with E-state index in [1.54, 1.807) is 12.1 Å². The zero-order chi connectivity index (χ0) is 18.4. The van der Waals surface area contributed by atoms with Crippen molar-refractivity contribution < 1.29 is 9.52 Å². The normalized spacial score (nSPS) is 15.1. The lowest BCUT2D eigenvalue weighted by molar-refractivity contribution is 0.323. The van der Waals surface area contributed by atoms with E-state index in [-0.39, 0.29) is 5.75 Å². The SMILES string of the molecule is O=c1oc2c(CN3CCCC3)c(O)ccc2cc1-c1nc2ccccc2s1. The summed E-state index contributed by atoms with van der Waals surface area (Å²) in [5, 5.41) is 11.8. The van der Waals surface area contributed by atoms with Gasteiger partial charge in [0.2, 0.25) is 0 Å². The molecule has 1 saturated heterocycles. The topological polar surface area (TPSA) is 66.6 Å². The first-order valence-electron chi connectivity index (χ1n) is 9.06. The van der Waals surface area contributed by atoms with Crippen LogP contribution in [-0.4, -0.2) is 28.1 Å².